The Morgan fingerprint density at radius 1 is 0.923 bits per heavy atom. The van der Waals surface area contributed by atoms with Crippen molar-refractivity contribution in [2.75, 3.05) is 0 Å². The molecule has 0 atom stereocenters. The van der Waals surface area contributed by atoms with Gasteiger partial charge < -0.3 is 4.74 Å². The van der Waals surface area contributed by atoms with Gasteiger partial charge in [-0.3, -0.25) is 0 Å². The molecule has 0 aliphatic rings. The number of fused-ring (bicyclic) bond motifs is 1. The van der Waals surface area contributed by atoms with E-state index in [9.17, 15) is 13.2 Å². The van der Waals surface area contributed by atoms with Gasteiger partial charge in [0.1, 0.15) is 18.2 Å². The van der Waals surface area contributed by atoms with E-state index in [0.29, 0.717) is 16.7 Å². The Labute approximate surface area is 150 Å². The van der Waals surface area contributed by atoms with E-state index in [1.54, 1.807) is 18.2 Å². The zero-order chi connectivity index (χ0) is 18.5. The summed E-state index contributed by atoms with van der Waals surface area (Å²) in [6, 6.07) is 12.3. The average molecular weight is 356 g/mol. The van der Waals surface area contributed by atoms with Gasteiger partial charge in [-0.15, -0.1) is 0 Å². The highest BCUT2D eigenvalue weighted by molar-refractivity contribution is 5.84. The van der Waals surface area contributed by atoms with E-state index < -0.39 is 11.6 Å². The summed E-state index contributed by atoms with van der Waals surface area (Å²) in [5.74, 6) is -1.60. The van der Waals surface area contributed by atoms with Crippen LogP contribution in [-0.2, 0) is 13.0 Å². The second-order valence-corrected chi connectivity index (χ2v) is 6.07. The molecule has 0 fully saturated rings. The summed E-state index contributed by atoms with van der Waals surface area (Å²) in [6.07, 6.45) is 5.68. The highest BCUT2D eigenvalue weighted by atomic mass is 19.2. The van der Waals surface area contributed by atoms with Gasteiger partial charge >= 0.3 is 0 Å². The van der Waals surface area contributed by atoms with E-state index in [1.165, 1.54) is 18.2 Å². The van der Waals surface area contributed by atoms with Gasteiger partial charge in [-0.2, -0.15) is 0 Å². The molecule has 0 unspecified atom stereocenters. The number of allylic oxidation sites excluding steroid dienone is 2. The van der Waals surface area contributed by atoms with E-state index in [4.69, 9.17) is 4.74 Å². The zero-order valence-electron chi connectivity index (χ0n) is 14.4. The van der Waals surface area contributed by atoms with Crippen LogP contribution in [0.5, 0.6) is 5.75 Å². The number of halogens is 3. The smallest absolute Gasteiger partial charge is 0.166 e. The molecule has 0 aromatic heterocycles. The van der Waals surface area contributed by atoms with Crippen molar-refractivity contribution in [3.8, 4) is 5.75 Å². The first-order valence-electron chi connectivity index (χ1n) is 8.47. The van der Waals surface area contributed by atoms with Gasteiger partial charge in [0.05, 0.1) is 0 Å². The number of hydrogen-bond donors (Lipinski definition) is 0. The van der Waals surface area contributed by atoms with Crippen molar-refractivity contribution in [3.05, 3.63) is 89.3 Å². The van der Waals surface area contributed by atoms with Crippen LogP contribution in [0.15, 0.2) is 60.7 Å². The Hall–Kier alpha value is -2.75. The van der Waals surface area contributed by atoms with E-state index in [0.717, 1.165) is 24.5 Å². The fourth-order valence-electron chi connectivity index (χ4n) is 2.77. The van der Waals surface area contributed by atoms with Gasteiger partial charge in [-0.25, -0.2) is 13.2 Å². The van der Waals surface area contributed by atoms with Crippen molar-refractivity contribution in [1.82, 2.24) is 0 Å². The Kier molecular flexibility index (Phi) is 5.61. The Bertz CT molecular complexity index is 948. The van der Waals surface area contributed by atoms with Crippen molar-refractivity contribution >= 4 is 10.8 Å². The highest BCUT2D eigenvalue weighted by Crippen LogP contribution is 2.25. The summed E-state index contributed by atoms with van der Waals surface area (Å²) in [7, 11) is 0. The van der Waals surface area contributed by atoms with Crippen molar-refractivity contribution in [2.45, 2.75) is 26.4 Å². The average Bonchev–Trinajstić information content (AvgIpc) is 2.64. The maximum absolute atomic E-state index is 14.2. The number of hydrogen-bond acceptors (Lipinski definition) is 1. The summed E-state index contributed by atoms with van der Waals surface area (Å²) in [5, 5.41) is 0.718. The van der Waals surface area contributed by atoms with E-state index in [2.05, 4.69) is 0 Å². The molecular weight excluding hydrogens is 337 g/mol. The summed E-state index contributed by atoms with van der Waals surface area (Å²) in [6.45, 7) is 2.02. The molecule has 26 heavy (non-hydrogen) atoms. The fourth-order valence-corrected chi connectivity index (χ4v) is 2.77. The van der Waals surface area contributed by atoms with E-state index >= 15 is 0 Å². The van der Waals surface area contributed by atoms with Crippen LogP contribution in [0.1, 0.15) is 24.5 Å². The molecule has 134 valence electrons. The van der Waals surface area contributed by atoms with Gasteiger partial charge in [-0.05, 0) is 61.0 Å². The molecule has 4 heteroatoms. The molecule has 3 rings (SSSR count). The van der Waals surface area contributed by atoms with Gasteiger partial charge in [0.25, 0.3) is 0 Å². The summed E-state index contributed by atoms with van der Waals surface area (Å²) >= 11 is 0. The Balaban J connectivity index is 1.70. The SMILES string of the molecule is C/C=C/CCc1ccc(COc2ccc3c(F)c(F)ccc3c2)c(F)c1. The van der Waals surface area contributed by atoms with Crippen LogP contribution in [0.3, 0.4) is 0 Å². The molecule has 1 nitrogen and oxygen atoms in total. The molecule has 3 aromatic rings. The molecule has 0 N–H and O–H groups in total. The molecule has 0 bridgehead atoms. The normalized spacial score (nSPS) is 11.4. The summed E-state index contributed by atoms with van der Waals surface area (Å²) < 4.78 is 46.8. The van der Waals surface area contributed by atoms with Crippen molar-refractivity contribution in [1.29, 1.82) is 0 Å². The minimum atomic E-state index is -0.886. The lowest BCUT2D eigenvalue weighted by Crippen LogP contribution is -2.00. The molecule has 0 heterocycles. The van der Waals surface area contributed by atoms with Crippen LogP contribution in [-0.4, -0.2) is 0 Å². The highest BCUT2D eigenvalue weighted by Gasteiger charge is 2.09. The lowest BCUT2D eigenvalue weighted by Gasteiger charge is -2.10. The molecule has 0 radical (unpaired) electrons. The molecular formula is C22H19F3O. The molecule has 0 aliphatic carbocycles. The quantitative estimate of drug-likeness (QED) is 0.468. The van der Waals surface area contributed by atoms with Crippen molar-refractivity contribution in [3.63, 3.8) is 0 Å². The van der Waals surface area contributed by atoms with Gasteiger partial charge in [0.2, 0.25) is 0 Å². The number of rotatable bonds is 6. The standard InChI is InChI=1S/C22H19F3O/c1-2-3-4-5-15-6-7-17(21(24)12-15)14-26-18-9-10-19-16(13-18)8-11-20(23)22(19)25/h2-3,6-13H,4-5,14H2,1H3/b3-2+. The minimum Gasteiger partial charge on any atom is -0.489 e. The molecule has 0 amide bonds. The number of ether oxygens (including phenoxy) is 1. The molecule has 0 aliphatic heterocycles. The van der Waals surface area contributed by atoms with E-state index in [-0.39, 0.29) is 17.8 Å². The second-order valence-electron chi connectivity index (χ2n) is 6.07. The lowest BCUT2D eigenvalue weighted by molar-refractivity contribution is 0.300. The first-order chi connectivity index (χ1) is 12.6. The number of aryl methyl sites for hydroxylation is 1. The molecule has 0 saturated heterocycles. The fraction of sp³-hybridized carbons (Fsp3) is 0.182. The number of benzene rings is 3. The third-order valence-corrected chi connectivity index (χ3v) is 4.23. The van der Waals surface area contributed by atoms with Gasteiger partial charge in [0, 0.05) is 10.9 Å². The van der Waals surface area contributed by atoms with Crippen LogP contribution in [0.2, 0.25) is 0 Å². The topological polar surface area (TPSA) is 9.23 Å². The maximum Gasteiger partial charge on any atom is 0.166 e. The zero-order valence-corrected chi connectivity index (χ0v) is 14.4. The Morgan fingerprint density at radius 3 is 2.54 bits per heavy atom. The minimum absolute atomic E-state index is 0.0656. The first-order valence-corrected chi connectivity index (χ1v) is 8.47. The van der Waals surface area contributed by atoms with E-state index in [1.807, 2.05) is 25.1 Å². The van der Waals surface area contributed by atoms with Crippen LogP contribution in [0.25, 0.3) is 10.8 Å². The third kappa shape index (κ3) is 4.07. The second kappa shape index (κ2) is 8.09. The summed E-state index contributed by atoms with van der Waals surface area (Å²) in [4.78, 5) is 0. The maximum atomic E-state index is 14.2. The molecule has 0 spiro atoms. The van der Waals surface area contributed by atoms with Crippen LogP contribution in [0, 0.1) is 17.5 Å². The molecule has 3 aromatic carbocycles. The monoisotopic (exact) mass is 356 g/mol. The van der Waals surface area contributed by atoms with Crippen molar-refractivity contribution < 1.29 is 17.9 Å². The van der Waals surface area contributed by atoms with Crippen LogP contribution in [0.4, 0.5) is 13.2 Å². The molecule has 0 saturated carbocycles. The van der Waals surface area contributed by atoms with Gasteiger partial charge in [-0.1, -0.05) is 30.4 Å². The first kappa shape index (κ1) is 18.1. The van der Waals surface area contributed by atoms with Crippen LogP contribution >= 0.6 is 0 Å². The Morgan fingerprint density at radius 2 is 1.77 bits per heavy atom. The predicted octanol–water partition coefficient (Wildman–Crippen LogP) is 6.34. The summed E-state index contributed by atoms with van der Waals surface area (Å²) in [5.41, 5.74) is 1.39. The van der Waals surface area contributed by atoms with Gasteiger partial charge in [0.15, 0.2) is 11.6 Å². The largest absolute Gasteiger partial charge is 0.489 e. The third-order valence-electron chi connectivity index (χ3n) is 4.23. The van der Waals surface area contributed by atoms with Crippen molar-refractivity contribution in [2.24, 2.45) is 0 Å². The van der Waals surface area contributed by atoms with Crippen LogP contribution < -0.4 is 4.74 Å². The lowest BCUT2D eigenvalue weighted by atomic mass is 10.1. The predicted molar refractivity (Wildman–Crippen MR) is 97.7 cm³/mol.